The molecule has 340 valence electrons. The fraction of sp³-hybridized carbons (Fsp3) is 0.115. The summed E-state index contributed by atoms with van der Waals surface area (Å²) in [5, 5.41) is 21.0. The topological polar surface area (TPSA) is 105 Å². The van der Waals surface area contributed by atoms with Gasteiger partial charge in [-0.1, -0.05) is 119 Å². The first-order valence-electron chi connectivity index (χ1n) is 23.0. The Kier molecular flexibility index (Phi) is 12.5. The van der Waals surface area contributed by atoms with E-state index in [9.17, 15) is 19.5 Å². The van der Waals surface area contributed by atoms with Crippen molar-refractivity contribution in [1.29, 1.82) is 0 Å². The second kappa shape index (κ2) is 18.9. The lowest BCUT2D eigenvalue weighted by molar-refractivity contribution is -0.297. The number of aryl methyl sites for hydroxylation is 7. The van der Waals surface area contributed by atoms with Crippen LogP contribution in [0.15, 0.2) is 199 Å². The Labute approximate surface area is 403 Å². The molecule has 7 aromatic rings. The van der Waals surface area contributed by atoms with E-state index in [1.54, 1.807) is 54.6 Å². The van der Waals surface area contributed by atoms with Crippen LogP contribution in [0.5, 0.6) is 0 Å². The number of anilines is 4. The minimum absolute atomic E-state index is 0.0642. The summed E-state index contributed by atoms with van der Waals surface area (Å²) in [7, 11) is 0. The number of carbonyl (C=O) groups is 3. The fourth-order valence-corrected chi connectivity index (χ4v) is 8.91. The molecular formula is C61H52N4O4. The van der Waals surface area contributed by atoms with Crippen molar-refractivity contribution in [3.05, 3.63) is 254 Å². The predicted molar refractivity (Wildman–Crippen MR) is 278 cm³/mol. The van der Waals surface area contributed by atoms with Crippen LogP contribution < -0.4 is 25.2 Å². The first-order chi connectivity index (χ1) is 33.2. The minimum Gasteiger partial charge on any atom is -0.871 e. The summed E-state index contributed by atoms with van der Waals surface area (Å²) in [4.78, 5) is 45.0. The molecule has 0 radical (unpaired) electrons. The Morgan fingerprint density at radius 3 is 1.57 bits per heavy atom. The molecule has 7 aromatic carbocycles. The quantitative estimate of drug-likeness (QED) is 0.105. The van der Waals surface area contributed by atoms with Crippen LogP contribution >= 0.6 is 0 Å². The third-order valence-corrected chi connectivity index (χ3v) is 12.6. The second-order valence-corrected chi connectivity index (χ2v) is 17.9. The average molecular weight is 905 g/mol. The number of amides is 2. The number of Topliss-reactive ketones (excluding diaryl/α,β-unsaturated/α-hetero) is 1. The monoisotopic (exact) mass is 904 g/mol. The van der Waals surface area contributed by atoms with Gasteiger partial charge in [0.2, 0.25) is 17.1 Å². The van der Waals surface area contributed by atoms with Crippen LogP contribution in [0.1, 0.15) is 65.2 Å². The number of rotatable bonds is 10. The SMILES string of the molecule is Cc1ccc(C(=O)Nc2cc(N(c3ccc(C)cc3C)c3ccc(C)cc3C)ccc2C2=C([O-])/C(=C3/C=CC(=[N+](c4ccc(C)cc4)c4ccc(C)cc4)C=C3NC(=O)c3ccccc3)C2=O)cc1. The van der Waals surface area contributed by atoms with E-state index in [0.717, 1.165) is 61.7 Å². The van der Waals surface area contributed by atoms with Crippen LogP contribution in [0, 0.1) is 48.5 Å². The van der Waals surface area contributed by atoms with Crippen molar-refractivity contribution in [2.45, 2.75) is 48.5 Å². The summed E-state index contributed by atoms with van der Waals surface area (Å²) in [6.07, 6.45) is 5.38. The predicted octanol–water partition coefficient (Wildman–Crippen LogP) is 12.4. The van der Waals surface area contributed by atoms with Gasteiger partial charge < -0.3 is 20.6 Å². The molecule has 8 nitrogen and oxygen atoms in total. The zero-order valence-corrected chi connectivity index (χ0v) is 39.8. The molecule has 2 amide bonds. The van der Waals surface area contributed by atoms with Crippen molar-refractivity contribution in [1.82, 2.24) is 9.89 Å². The van der Waals surface area contributed by atoms with E-state index < -0.39 is 23.4 Å². The normalized spacial score (nSPS) is 14.3. The smallest absolute Gasteiger partial charge is 0.255 e. The van der Waals surface area contributed by atoms with Gasteiger partial charge in [-0.15, -0.1) is 0 Å². The number of nitrogens with zero attached hydrogens (tertiary/aromatic N) is 2. The average Bonchev–Trinajstić information content (AvgIpc) is 3.33. The van der Waals surface area contributed by atoms with Crippen LogP contribution in [0.3, 0.4) is 0 Å². The maximum Gasteiger partial charge on any atom is 0.255 e. The van der Waals surface area contributed by atoms with Crippen molar-refractivity contribution in [3.8, 4) is 0 Å². The summed E-state index contributed by atoms with van der Waals surface area (Å²) in [6.45, 7) is 14.3. The van der Waals surface area contributed by atoms with Gasteiger partial charge in [0.15, 0.2) is 5.78 Å². The third-order valence-electron chi connectivity index (χ3n) is 12.6. The number of ketones is 1. The minimum atomic E-state index is -0.504. The first kappa shape index (κ1) is 45.5. The molecule has 0 spiro atoms. The maximum absolute atomic E-state index is 14.8. The van der Waals surface area contributed by atoms with E-state index >= 15 is 0 Å². The van der Waals surface area contributed by atoms with Gasteiger partial charge >= 0.3 is 0 Å². The fourth-order valence-electron chi connectivity index (χ4n) is 8.91. The maximum atomic E-state index is 14.8. The molecule has 0 saturated carbocycles. The summed E-state index contributed by atoms with van der Waals surface area (Å²) in [6, 6.07) is 50.3. The van der Waals surface area contributed by atoms with E-state index in [0.29, 0.717) is 33.9 Å². The molecule has 0 saturated heterocycles. The standard InChI is InChI=1S/C61H52N4O4/c1-37-13-21-45(22-14-37)61(69)63-53-36-49(65(54-31-19-40(4)33-42(54)6)55-32-20-41(5)34-43(55)7)28-30-51(53)57-58(66)56(59(57)67)50-29-27-48(35-52(50)62-60(68)44-11-9-8-10-12-44)64(46-23-15-38(2)16-24-46)47-25-17-39(3)18-26-47/h8-36H,1-7H3,(H2,62,63,66,67,68,69). The van der Waals surface area contributed by atoms with E-state index in [1.807, 2.05) is 106 Å². The molecule has 0 bridgehead atoms. The van der Waals surface area contributed by atoms with Gasteiger partial charge in [0, 0.05) is 86.9 Å². The molecule has 2 N–H and O–H groups in total. The number of benzene rings is 7. The summed E-state index contributed by atoms with van der Waals surface area (Å²) in [5.41, 5.74) is 14.5. The molecule has 0 aromatic heterocycles. The molecule has 9 rings (SSSR count). The molecule has 2 aliphatic rings. The summed E-state index contributed by atoms with van der Waals surface area (Å²) >= 11 is 0. The second-order valence-electron chi connectivity index (χ2n) is 17.9. The zero-order valence-electron chi connectivity index (χ0n) is 39.8. The van der Waals surface area contributed by atoms with E-state index in [2.05, 4.69) is 84.2 Å². The first-order valence-corrected chi connectivity index (χ1v) is 23.0. The Balaban J connectivity index is 1.21. The summed E-state index contributed by atoms with van der Waals surface area (Å²) < 4.78 is 2.07. The highest BCUT2D eigenvalue weighted by molar-refractivity contribution is 6.40. The van der Waals surface area contributed by atoms with Crippen molar-refractivity contribution in [2.75, 3.05) is 10.2 Å². The van der Waals surface area contributed by atoms with Gasteiger partial charge in [0.1, 0.15) is 0 Å². The van der Waals surface area contributed by atoms with Crippen LogP contribution in [0.4, 0.5) is 34.1 Å². The Hall–Kier alpha value is -8.62. The number of hydrogen-bond donors (Lipinski definition) is 2. The van der Waals surface area contributed by atoms with Gasteiger partial charge in [-0.25, -0.2) is 0 Å². The molecule has 0 aliphatic heterocycles. The van der Waals surface area contributed by atoms with Gasteiger partial charge in [0.25, 0.3) is 11.8 Å². The van der Waals surface area contributed by atoms with E-state index in [-0.39, 0.29) is 22.3 Å². The highest BCUT2D eigenvalue weighted by atomic mass is 16.3. The Morgan fingerprint density at radius 1 is 0.522 bits per heavy atom. The highest BCUT2D eigenvalue weighted by Gasteiger charge is 2.35. The van der Waals surface area contributed by atoms with E-state index in [4.69, 9.17) is 0 Å². The van der Waals surface area contributed by atoms with Crippen LogP contribution in [-0.2, 0) is 4.79 Å². The summed E-state index contributed by atoms with van der Waals surface area (Å²) in [5.74, 6) is -1.80. The van der Waals surface area contributed by atoms with Crippen LogP contribution in [0.2, 0.25) is 0 Å². The lowest BCUT2D eigenvalue weighted by Crippen LogP contribution is -2.34. The molecule has 2 aliphatic carbocycles. The lowest BCUT2D eigenvalue weighted by Gasteiger charge is -2.35. The molecule has 8 heteroatoms. The molecule has 0 fully saturated rings. The van der Waals surface area contributed by atoms with Gasteiger partial charge in [0.05, 0.1) is 11.4 Å². The molecule has 0 heterocycles. The zero-order chi connectivity index (χ0) is 48.5. The number of allylic oxidation sites excluding steroid dienone is 5. The Bertz CT molecular complexity index is 3270. The highest BCUT2D eigenvalue weighted by Crippen LogP contribution is 2.45. The number of nitrogens with one attached hydrogen (secondary N) is 2. The third kappa shape index (κ3) is 9.25. The van der Waals surface area contributed by atoms with Crippen molar-refractivity contribution < 1.29 is 19.5 Å². The van der Waals surface area contributed by atoms with Crippen LogP contribution in [0.25, 0.3) is 5.57 Å². The molecule has 0 unspecified atom stereocenters. The Morgan fingerprint density at radius 2 is 1.03 bits per heavy atom. The van der Waals surface area contributed by atoms with Crippen LogP contribution in [-0.4, -0.2) is 23.3 Å². The van der Waals surface area contributed by atoms with Crippen molar-refractivity contribution >= 4 is 63.0 Å². The van der Waals surface area contributed by atoms with Crippen molar-refractivity contribution in [3.63, 3.8) is 0 Å². The van der Waals surface area contributed by atoms with Gasteiger partial charge in [-0.2, -0.15) is 4.58 Å². The molecule has 0 atom stereocenters. The number of hydrogen-bond acceptors (Lipinski definition) is 5. The van der Waals surface area contributed by atoms with Gasteiger partial charge in [-0.05, 0) is 114 Å². The molecular weight excluding hydrogens is 853 g/mol. The van der Waals surface area contributed by atoms with E-state index in [1.165, 1.54) is 0 Å². The van der Waals surface area contributed by atoms with Crippen molar-refractivity contribution in [2.24, 2.45) is 0 Å². The lowest BCUT2D eigenvalue weighted by atomic mass is 9.78. The number of carbonyl (C=O) groups excluding carboxylic acids is 3. The van der Waals surface area contributed by atoms with Gasteiger partial charge in [-0.3, -0.25) is 14.4 Å². The molecule has 69 heavy (non-hydrogen) atoms. The largest absolute Gasteiger partial charge is 0.871 e.